The van der Waals surface area contributed by atoms with Gasteiger partial charge in [0.25, 0.3) is 0 Å². The number of amides is 1. The highest BCUT2D eigenvalue weighted by atomic mass is 32.1. The normalized spacial score (nSPS) is 13.8. The number of H-pyrrole nitrogens is 1. The molecule has 2 aromatic heterocycles. The van der Waals surface area contributed by atoms with Crippen LogP contribution in [0.5, 0.6) is 0 Å². The summed E-state index contributed by atoms with van der Waals surface area (Å²) in [5.74, 6) is -0.00691. The third kappa shape index (κ3) is 3.63. The van der Waals surface area contributed by atoms with Gasteiger partial charge in [-0.3, -0.25) is 4.79 Å². The highest BCUT2D eigenvalue weighted by Gasteiger charge is 2.24. The molecule has 0 spiro atoms. The number of imidazole rings is 1. The third-order valence-corrected chi connectivity index (χ3v) is 4.56. The molecule has 3 aromatic rings. The number of aromatic nitrogens is 2. The summed E-state index contributed by atoms with van der Waals surface area (Å²) in [7, 11) is 0. The number of carbonyl (C=O) groups excluding carboxylic acids is 1. The Labute approximate surface area is 142 Å². The minimum absolute atomic E-state index is 0.136. The summed E-state index contributed by atoms with van der Waals surface area (Å²) in [5.41, 5.74) is 0.581. The van der Waals surface area contributed by atoms with Crippen molar-refractivity contribution in [1.29, 1.82) is 0 Å². The number of para-hydroxylation sites is 1. The van der Waals surface area contributed by atoms with Gasteiger partial charge < -0.3 is 15.4 Å². The van der Waals surface area contributed by atoms with E-state index in [9.17, 15) is 14.3 Å². The van der Waals surface area contributed by atoms with E-state index in [2.05, 4.69) is 15.3 Å². The summed E-state index contributed by atoms with van der Waals surface area (Å²) in [6.07, 6.45) is 0.585. The molecule has 0 bridgehead atoms. The van der Waals surface area contributed by atoms with E-state index in [1.165, 1.54) is 17.4 Å². The van der Waals surface area contributed by atoms with Crippen LogP contribution in [0, 0.1) is 5.82 Å². The second-order valence-corrected chi connectivity index (χ2v) is 6.66. The van der Waals surface area contributed by atoms with Crippen molar-refractivity contribution in [2.24, 2.45) is 0 Å². The summed E-state index contributed by atoms with van der Waals surface area (Å²) in [5, 5.41) is 16.8. The van der Waals surface area contributed by atoms with Crippen LogP contribution in [0.15, 0.2) is 35.0 Å². The Hall–Kier alpha value is -2.25. The first kappa shape index (κ1) is 16.6. The Balaban J connectivity index is 1.54. The lowest BCUT2D eigenvalue weighted by atomic mass is 9.99. The van der Waals surface area contributed by atoms with E-state index in [1.807, 2.05) is 16.8 Å². The number of hydrogen-bond acceptors (Lipinski definition) is 4. The zero-order valence-electron chi connectivity index (χ0n) is 13.2. The van der Waals surface area contributed by atoms with Gasteiger partial charge in [0.15, 0.2) is 5.82 Å². The van der Waals surface area contributed by atoms with E-state index >= 15 is 0 Å². The molecule has 3 rings (SSSR count). The molecule has 3 N–H and O–H groups in total. The molecule has 1 aromatic carbocycles. The molecule has 0 fully saturated rings. The molecule has 24 heavy (non-hydrogen) atoms. The van der Waals surface area contributed by atoms with Gasteiger partial charge >= 0.3 is 0 Å². The molecule has 1 atom stereocenters. The molecule has 1 unspecified atom stereocenters. The van der Waals surface area contributed by atoms with Crippen molar-refractivity contribution in [2.75, 3.05) is 6.54 Å². The van der Waals surface area contributed by atoms with Crippen molar-refractivity contribution in [3.05, 3.63) is 52.2 Å². The second kappa shape index (κ2) is 6.70. The Morgan fingerprint density at radius 1 is 1.46 bits per heavy atom. The molecule has 0 aliphatic heterocycles. The van der Waals surface area contributed by atoms with E-state index in [0.717, 1.165) is 5.56 Å². The number of fused-ring (bicyclic) bond motifs is 1. The lowest BCUT2D eigenvalue weighted by Crippen LogP contribution is -2.38. The van der Waals surface area contributed by atoms with E-state index in [4.69, 9.17) is 0 Å². The number of rotatable bonds is 6. The van der Waals surface area contributed by atoms with Gasteiger partial charge in [-0.15, -0.1) is 0 Å². The van der Waals surface area contributed by atoms with E-state index in [1.54, 1.807) is 19.1 Å². The number of nitrogens with zero attached hydrogens (tertiary/aromatic N) is 1. The third-order valence-electron chi connectivity index (χ3n) is 3.87. The quantitative estimate of drug-likeness (QED) is 0.641. The largest absolute Gasteiger partial charge is 0.384 e. The average molecular weight is 347 g/mol. The maximum atomic E-state index is 13.6. The van der Waals surface area contributed by atoms with Crippen LogP contribution in [-0.2, 0) is 16.8 Å². The lowest BCUT2D eigenvalue weighted by Gasteiger charge is -2.22. The van der Waals surface area contributed by atoms with Crippen molar-refractivity contribution in [1.82, 2.24) is 15.3 Å². The molecule has 0 radical (unpaired) electrons. The number of aromatic amines is 1. The highest BCUT2D eigenvalue weighted by Crippen LogP contribution is 2.22. The van der Waals surface area contributed by atoms with Crippen LogP contribution in [0.25, 0.3) is 11.0 Å². The molecule has 0 aliphatic carbocycles. The topological polar surface area (TPSA) is 78.0 Å². The number of nitrogens with one attached hydrogen (secondary N) is 2. The van der Waals surface area contributed by atoms with Crippen LogP contribution in [0.2, 0.25) is 0 Å². The number of hydrogen-bond donors (Lipinski definition) is 3. The van der Waals surface area contributed by atoms with Gasteiger partial charge in [-0.05, 0) is 41.4 Å². The van der Waals surface area contributed by atoms with Crippen molar-refractivity contribution in [3.8, 4) is 0 Å². The molecule has 126 valence electrons. The monoisotopic (exact) mass is 347 g/mol. The smallest absolute Gasteiger partial charge is 0.220 e. The fraction of sp³-hybridized carbons (Fsp3) is 0.294. The SMILES string of the molecule is CC(O)(CNC(=O)CCc1nc2c(F)cccc2[nH]1)c1ccsc1. The van der Waals surface area contributed by atoms with Gasteiger partial charge in [0.05, 0.1) is 12.1 Å². The van der Waals surface area contributed by atoms with Crippen molar-refractivity contribution in [3.63, 3.8) is 0 Å². The van der Waals surface area contributed by atoms with Crippen molar-refractivity contribution < 1.29 is 14.3 Å². The minimum Gasteiger partial charge on any atom is -0.384 e. The number of aryl methyl sites for hydroxylation is 1. The van der Waals surface area contributed by atoms with Crippen LogP contribution < -0.4 is 5.32 Å². The van der Waals surface area contributed by atoms with Crippen LogP contribution >= 0.6 is 11.3 Å². The molecule has 1 amide bonds. The van der Waals surface area contributed by atoms with Crippen LogP contribution in [0.4, 0.5) is 4.39 Å². The van der Waals surface area contributed by atoms with E-state index in [-0.39, 0.29) is 30.2 Å². The predicted molar refractivity (Wildman–Crippen MR) is 91.3 cm³/mol. The maximum absolute atomic E-state index is 13.6. The molecule has 0 aliphatic rings. The number of aliphatic hydroxyl groups is 1. The maximum Gasteiger partial charge on any atom is 0.220 e. The average Bonchev–Trinajstić information content (AvgIpc) is 3.21. The Bertz CT molecular complexity index is 843. The van der Waals surface area contributed by atoms with Gasteiger partial charge in [0.2, 0.25) is 5.91 Å². The summed E-state index contributed by atoms with van der Waals surface area (Å²) >= 11 is 1.50. The molecule has 5 nitrogen and oxygen atoms in total. The highest BCUT2D eigenvalue weighted by molar-refractivity contribution is 7.08. The fourth-order valence-electron chi connectivity index (χ4n) is 2.43. The van der Waals surface area contributed by atoms with Gasteiger partial charge in [-0.25, -0.2) is 9.37 Å². The summed E-state index contributed by atoms with van der Waals surface area (Å²) < 4.78 is 13.6. The van der Waals surface area contributed by atoms with E-state index < -0.39 is 5.60 Å². The van der Waals surface area contributed by atoms with Crippen LogP contribution in [-0.4, -0.2) is 27.5 Å². The summed E-state index contributed by atoms with van der Waals surface area (Å²) in [4.78, 5) is 19.2. The minimum atomic E-state index is -1.10. The predicted octanol–water partition coefficient (Wildman–Crippen LogP) is 2.72. The Kier molecular flexibility index (Phi) is 4.64. The number of thiophene rings is 1. The molecule has 0 saturated carbocycles. The first-order valence-electron chi connectivity index (χ1n) is 7.60. The number of halogens is 1. The van der Waals surface area contributed by atoms with E-state index in [0.29, 0.717) is 17.8 Å². The van der Waals surface area contributed by atoms with Crippen molar-refractivity contribution >= 4 is 28.3 Å². The van der Waals surface area contributed by atoms with Gasteiger partial charge in [0.1, 0.15) is 16.9 Å². The van der Waals surface area contributed by atoms with Crippen molar-refractivity contribution in [2.45, 2.75) is 25.4 Å². The first-order valence-corrected chi connectivity index (χ1v) is 8.55. The van der Waals surface area contributed by atoms with Crippen LogP contribution in [0.3, 0.4) is 0 Å². The molecular formula is C17H18FN3O2S. The zero-order valence-corrected chi connectivity index (χ0v) is 14.0. The molecule has 2 heterocycles. The van der Waals surface area contributed by atoms with Gasteiger partial charge in [-0.1, -0.05) is 6.07 Å². The van der Waals surface area contributed by atoms with Gasteiger partial charge in [0, 0.05) is 12.8 Å². The summed E-state index contributed by atoms with van der Waals surface area (Å²) in [6.45, 7) is 1.80. The number of carbonyl (C=O) groups is 1. The van der Waals surface area contributed by atoms with Crippen LogP contribution in [0.1, 0.15) is 24.7 Å². The summed E-state index contributed by atoms with van der Waals surface area (Å²) in [6, 6.07) is 6.54. The molecule has 7 heteroatoms. The first-order chi connectivity index (χ1) is 11.5. The van der Waals surface area contributed by atoms with Gasteiger partial charge in [-0.2, -0.15) is 11.3 Å². The zero-order chi connectivity index (χ0) is 17.2. The molecular weight excluding hydrogens is 329 g/mol. The standard InChI is InChI=1S/C17H18FN3O2S/c1-17(23,11-7-8-24-9-11)10-19-15(22)6-5-14-20-13-4-2-3-12(18)16(13)21-14/h2-4,7-9,23H,5-6,10H2,1H3,(H,19,22)(H,20,21). The molecule has 0 saturated heterocycles. The Morgan fingerprint density at radius 2 is 2.29 bits per heavy atom. The fourth-order valence-corrected chi connectivity index (χ4v) is 3.21. The Morgan fingerprint density at radius 3 is 3.00 bits per heavy atom. The lowest BCUT2D eigenvalue weighted by molar-refractivity contribution is -0.122. The number of benzene rings is 1. The second-order valence-electron chi connectivity index (χ2n) is 5.88.